The van der Waals surface area contributed by atoms with Gasteiger partial charge in [0.1, 0.15) is 6.04 Å². The second kappa shape index (κ2) is 7.11. The minimum absolute atomic E-state index is 0.216. The molecule has 1 aliphatic heterocycles. The molecular formula is C19H24N6O2. The zero-order valence-electron chi connectivity index (χ0n) is 15.1. The molecule has 1 atom stereocenters. The van der Waals surface area contributed by atoms with E-state index in [-0.39, 0.29) is 23.7 Å². The first-order chi connectivity index (χ1) is 13.0. The third kappa shape index (κ3) is 3.44. The van der Waals surface area contributed by atoms with Crippen LogP contribution in [-0.2, 0) is 17.8 Å². The molecule has 4 rings (SSSR count). The minimum Gasteiger partial charge on any atom is -0.368 e. The number of nitrogens with two attached hydrogens (primary N) is 2. The van der Waals surface area contributed by atoms with Crippen molar-refractivity contribution in [3.63, 3.8) is 0 Å². The van der Waals surface area contributed by atoms with E-state index in [0.717, 1.165) is 36.8 Å². The number of hydrogen-bond donors (Lipinski definition) is 2. The molecular weight excluding hydrogens is 344 g/mol. The van der Waals surface area contributed by atoms with E-state index in [0.29, 0.717) is 13.0 Å². The minimum atomic E-state index is -0.676. The number of carbonyl (C=O) groups is 2. The predicted molar refractivity (Wildman–Crippen MR) is 98.5 cm³/mol. The van der Waals surface area contributed by atoms with Crippen LogP contribution in [0.5, 0.6) is 0 Å². The highest BCUT2D eigenvalue weighted by Crippen LogP contribution is 2.28. The maximum atomic E-state index is 13.1. The highest BCUT2D eigenvalue weighted by molar-refractivity contribution is 5.96. The number of nitrogens with zero attached hydrogens (tertiary/aromatic N) is 4. The Labute approximate surface area is 157 Å². The average molecular weight is 368 g/mol. The lowest BCUT2D eigenvalue weighted by atomic mass is 9.92. The van der Waals surface area contributed by atoms with Crippen molar-refractivity contribution in [3.8, 4) is 0 Å². The number of amides is 2. The molecule has 2 amide bonds. The zero-order chi connectivity index (χ0) is 19.0. The fourth-order valence-corrected chi connectivity index (χ4v) is 4.06. The summed E-state index contributed by atoms with van der Waals surface area (Å²) in [4.78, 5) is 26.5. The van der Waals surface area contributed by atoms with Crippen molar-refractivity contribution in [3.05, 3.63) is 47.3 Å². The van der Waals surface area contributed by atoms with E-state index in [4.69, 9.17) is 11.5 Å². The predicted octanol–water partition coefficient (Wildman–Crippen LogP) is 0.773. The van der Waals surface area contributed by atoms with E-state index < -0.39 is 11.9 Å². The van der Waals surface area contributed by atoms with Crippen LogP contribution in [0.25, 0.3) is 0 Å². The highest BCUT2D eigenvalue weighted by Gasteiger charge is 2.35. The smallest absolute Gasteiger partial charge is 0.277 e. The fraction of sp³-hybridized carbons (Fsp3) is 0.474. The summed E-state index contributed by atoms with van der Waals surface area (Å²) < 4.78 is 1.76. The van der Waals surface area contributed by atoms with Gasteiger partial charge in [-0.2, -0.15) is 0 Å². The number of benzene rings is 1. The number of carbonyl (C=O) groups excluding carboxylic acids is 2. The lowest BCUT2D eigenvalue weighted by Crippen LogP contribution is -2.51. The lowest BCUT2D eigenvalue weighted by molar-refractivity contribution is -0.122. The quantitative estimate of drug-likeness (QED) is 0.829. The lowest BCUT2D eigenvalue weighted by Gasteiger charge is -2.34. The average Bonchev–Trinajstić information content (AvgIpc) is 3.17. The molecule has 1 saturated carbocycles. The number of rotatable bonds is 3. The molecule has 0 bridgehead atoms. The Morgan fingerprint density at radius 3 is 2.48 bits per heavy atom. The van der Waals surface area contributed by atoms with Crippen molar-refractivity contribution in [2.45, 2.75) is 56.8 Å². The van der Waals surface area contributed by atoms with Gasteiger partial charge in [-0.25, -0.2) is 4.68 Å². The van der Waals surface area contributed by atoms with Gasteiger partial charge in [-0.3, -0.25) is 9.59 Å². The van der Waals surface area contributed by atoms with Crippen molar-refractivity contribution >= 4 is 11.8 Å². The molecule has 1 fully saturated rings. The third-order valence-electron chi connectivity index (χ3n) is 5.68. The Morgan fingerprint density at radius 2 is 1.78 bits per heavy atom. The second-order valence-electron chi connectivity index (χ2n) is 7.48. The first-order valence-electron chi connectivity index (χ1n) is 9.37. The van der Waals surface area contributed by atoms with Gasteiger partial charge in [-0.1, -0.05) is 29.5 Å². The summed E-state index contributed by atoms with van der Waals surface area (Å²) in [6, 6.07) is 7.58. The van der Waals surface area contributed by atoms with E-state index in [1.165, 1.54) is 4.90 Å². The normalized spacial score (nSPS) is 25.1. The number of fused-ring (bicyclic) bond motifs is 1. The van der Waals surface area contributed by atoms with Crippen LogP contribution in [0.2, 0.25) is 0 Å². The maximum Gasteiger partial charge on any atom is 0.277 e. The Balaban J connectivity index is 1.55. The first-order valence-corrected chi connectivity index (χ1v) is 9.37. The van der Waals surface area contributed by atoms with Gasteiger partial charge in [0, 0.05) is 19.0 Å². The van der Waals surface area contributed by atoms with Crippen LogP contribution < -0.4 is 11.5 Å². The van der Waals surface area contributed by atoms with Crippen molar-refractivity contribution in [1.29, 1.82) is 0 Å². The van der Waals surface area contributed by atoms with Crippen LogP contribution in [0.4, 0.5) is 0 Å². The first kappa shape index (κ1) is 17.7. The Hall–Kier alpha value is -2.74. The van der Waals surface area contributed by atoms with Crippen LogP contribution in [0.3, 0.4) is 0 Å². The molecule has 1 aromatic carbocycles. The molecule has 8 heteroatoms. The van der Waals surface area contributed by atoms with Gasteiger partial charge in [0.2, 0.25) is 5.91 Å². The van der Waals surface area contributed by atoms with E-state index in [9.17, 15) is 9.59 Å². The van der Waals surface area contributed by atoms with Crippen molar-refractivity contribution in [2.75, 3.05) is 0 Å². The van der Waals surface area contributed by atoms with Crippen LogP contribution in [0.1, 0.15) is 53.3 Å². The fourth-order valence-electron chi connectivity index (χ4n) is 4.06. The summed E-state index contributed by atoms with van der Waals surface area (Å²) in [5.74, 6) is -0.821. The molecule has 0 radical (unpaired) electrons. The summed E-state index contributed by atoms with van der Waals surface area (Å²) in [5, 5.41) is 8.23. The van der Waals surface area contributed by atoms with Gasteiger partial charge < -0.3 is 16.4 Å². The Bertz CT molecular complexity index is 855. The SMILES string of the molecule is NC(=O)[C@H]1Cc2ccccc2CN1C(=O)c1cn(C2CCC(N)CC2)nn1. The van der Waals surface area contributed by atoms with Crippen LogP contribution in [0, 0.1) is 0 Å². The van der Waals surface area contributed by atoms with E-state index in [1.54, 1.807) is 10.9 Å². The molecule has 4 N–H and O–H groups in total. The molecule has 0 spiro atoms. The van der Waals surface area contributed by atoms with E-state index in [1.807, 2.05) is 24.3 Å². The summed E-state index contributed by atoms with van der Waals surface area (Å²) in [5.41, 5.74) is 13.9. The Kier molecular flexibility index (Phi) is 4.65. The molecule has 2 heterocycles. The van der Waals surface area contributed by atoms with Crippen molar-refractivity contribution < 1.29 is 9.59 Å². The largest absolute Gasteiger partial charge is 0.368 e. The molecule has 2 aliphatic rings. The number of primary amides is 1. The van der Waals surface area contributed by atoms with Crippen LogP contribution in [0.15, 0.2) is 30.5 Å². The van der Waals surface area contributed by atoms with Gasteiger partial charge in [0.15, 0.2) is 5.69 Å². The van der Waals surface area contributed by atoms with Gasteiger partial charge in [0.05, 0.1) is 12.2 Å². The van der Waals surface area contributed by atoms with Crippen LogP contribution >= 0.6 is 0 Å². The summed E-state index contributed by atoms with van der Waals surface area (Å²) >= 11 is 0. The molecule has 8 nitrogen and oxygen atoms in total. The highest BCUT2D eigenvalue weighted by atomic mass is 16.2. The van der Waals surface area contributed by atoms with Gasteiger partial charge in [0.25, 0.3) is 5.91 Å². The van der Waals surface area contributed by atoms with Gasteiger partial charge in [-0.15, -0.1) is 5.10 Å². The summed E-state index contributed by atoms with van der Waals surface area (Å²) in [6.07, 6.45) is 5.85. The molecule has 0 saturated heterocycles. The monoisotopic (exact) mass is 368 g/mol. The van der Waals surface area contributed by atoms with Gasteiger partial charge in [-0.05, 0) is 36.8 Å². The zero-order valence-corrected chi connectivity index (χ0v) is 15.1. The number of aromatic nitrogens is 3. The number of hydrogen-bond acceptors (Lipinski definition) is 5. The molecule has 27 heavy (non-hydrogen) atoms. The second-order valence-corrected chi connectivity index (χ2v) is 7.48. The van der Waals surface area contributed by atoms with Crippen molar-refractivity contribution in [2.24, 2.45) is 11.5 Å². The Morgan fingerprint density at radius 1 is 1.07 bits per heavy atom. The molecule has 1 aliphatic carbocycles. The van der Waals surface area contributed by atoms with Gasteiger partial charge >= 0.3 is 0 Å². The van der Waals surface area contributed by atoms with E-state index >= 15 is 0 Å². The van der Waals surface area contributed by atoms with Crippen molar-refractivity contribution in [1.82, 2.24) is 19.9 Å². The maximum absolute atomic E-state index is 13.1. The molecule has 142 valence electrons. The third-order valence-corrected chi connectivity index (χ3v) is 5.68. The topological polar surface area (TPSA) is 120 Å². The molecule has 0 unspecified atom stereocenters. The molecule has 1 aromatic heterocycles. The van der Waals surface area contributed by atoms with Crippen LogP contribution in [-0.4, -0.2) is 43.8 Å². The van der Waals surface area contributed by atoms with E-state index in [2.05, 4.69) is 10.3 Å². The molecule has 2 aromatic rings. The standard InChI is InChI=1S/C19H24N6O2/c20-14-5-7-15(8-6-14)25-11-16(22-23-25)19(27)24-10-13-4-2-1-3-12(13)9-17(24)18(21)26/h1-4,11,14-15,17H,5-10,20H2,(H2,21,26)/t14?,15?,17-/m1/s1. The summed E-state index contributed by atoms with van der Waals surface area (Å²) in [6.45, 7) is 0.341. The summed E-state index contributed by atoms with van der Waals surface area (Å²) in [7, 11) is 0.